The minimum Gasteiger partial charge on any atom is -0.406 e. The average molecular weight is 486 g/mol. The minimum atomic E-state index is -4.77. The highest BCUT2D eigenvalue weighted by Gasteiger charge is 2.31. The van der Waals surface area contributed by atoms with Gasteiger partial charge in [-0.05, 0) is 48.2 Å². The molecule has 182 valence electrons. The third kappa shape index (κ3) is 7.88. The fourth-order valence-corrected chi connectivity index (χ4v) is 4.66. The molecular formula is C23H30F3N2O4P. The van der Waals surface area contributed by atoms with Gasteiger partial charge in [-0.3, -0.25) is 9.36 Å². The van der Waals surface area contributed by atoms with Gasteiger partial charge in [0.05, 0.1) is 0 Å². The second-order valence-electron chi connectivity index (χ2n) is 7.34. The number of halogens is 3. The van der Waals surface area contributed by atoms with E-state index >= 15 is 0 Å². The Morgan fingerprint density at radius 2 is 1.64 bits per heavy atom. The van der Waals surface area contributed by atoms with E-state index in [2.05, 4.69) is 10.1 Å². The van der Waals surface area contributed by atoms with E-state index in [1.165, 1.54) is 25.3 Å². The Morgan fingerprint density at radius 3 is 2.21 bits per heavy atom. The molecule has 1 saturated heterocycles. The molecule has 2 aromatic rings. The molecule has 6 nitrogen and oxygen atoms in total. The lowest BCUT2D eigenvalue weighted by molar-refractivity contribution is -0.274. The van der Waals surface area contributed by atoms with Crippen LogP contribution in [0.2, 0.25) is 0 Å². The zero-order valence-electron chi connectivity index (χ0n) is 19.2. The predicted octanol–water partition coefficient (Wildman–Crippen LogP) is 5.94. The predicted molar refractivity (Wildman–Crippen MR) is 123 cm³/mol. The van der Waals surface area contributed by atoms with Crippen LogP contribution < -0.4 is 10.1 Å². The zero-order chi connectivity index (χ0) is 24.6. The van der Waals surface area contributed by atoms with E-state index in [1.807, 2.05) is 13.8 Å². The molecular weight excluding hydrogens is 456 g/mol. The third-order valence-electron chi connectivity index (χ3n) is 5.18. The number of nitrogens with one attached hydrogen (secondary N) is 1. The molecule has 2 aromatic carbocycles. The van der Waals surface area contributed by atoms with Gasteiger partial charge in [-0.1, -0.05) is 38.1 Å². The van der Waals surface area contributed by atoms with Crippen LogP contribution >= 0.6 is 7.52 Å². The summed E-state index contributed by atoms with van der Waals surface area (Å²) >= 11 is 0. The number of carbonyl (C=O) groups is 1. The van der Waals surface area contributed by atoms with E-state index in [4.69, 9.17) is 4.52 Å². The molecule has 0 aliphatic carbocycles. The Morgan fingerprint density at radius 1 is 1.06 bits per heavy atom. The van der Waals surface area contributed by atoms with Gasteiger partial charge in [0.1, 0.15) is 5.75 Å². The number of amides is 1. The lowest BCUT2D eigenvalue weighted by atomic mass is 10.0. The van der Waals surface area contributed by atoms with E-state index in [-0.39, 0.29) is 17.7 Å². The number of benzene rings is 2. The van der Waals surface area contributed by atoms with E-state index in [9.17, 15) is 22.5 Å². The van der Waals surface area contributed by atoms with Crippen molar-refractivity contribution in [2.24, 2.45) is 0 Å². The molecule has 0 radical (unpaired) electrons. The van der Waals surface area contributed by atoms with Crippen LogP contribution in [-0.2, 0) is 9.09 Å². The number of hydrogen-bond donors (Lipinski definition) is 1. The maximum atomic E-state index is 12.7. The van der Waals surface area contributed by atoms with Gasteiger partial charge in [-0.2, -0.15) is 0 Å². The highest BCUT2D eigenvalue weighted by molar-refractivity contribution is 7.55. The fourth-order valence-electron chi connectivity index (χ4n) is 3.47. The highest BCUT2D eigenvalue weighted by Crippen LogP contribution is 2.47. The summed E-state index contributed by atoms with van der Waals surface area (Å²) in [5.74, 6) is -0.592. The summed E-state index contributed by atoms with van der Waals surface area (Å²) in [6, 6.07) is 12.2. The molecule has 1 N–H and O–H groups in total. The Bertz CT molecular complexity index is 976. The van der Waals surface area contributed by atoms with Crippen LogP contribution in [0.1, 0.15) is 37.0 Å². The summed E-state index contributed by atoms with van der Waals surface area (Å²) in [5.41, 5.74) is 1.50. The first-order valence-corrected chi connectivity index (χ1v) is 12.8. The minimum absolute atomic E-state index is 0.0622. The molecule has 0 bridgehead atoms. The van der Waals surface area contributed by atoms with Gasteiger partial charge in [0.2, 0.25) is 0 Å². The molecule has 0 spiro atoms. The number of piperidine rings is 1. The van der Waals surface area contributed by atoms with Crippen LogP contribution in [0.4, 0.5) is 13.2 Å². The summed E-state index contributed by atoms with van der Waals surface area (Å²) in [4.78, 5) is 12.7. The van der Waals surface area contributed by atoms with Gasteiger partial charge in [-0.25, -0.2) is 4.67 Å². The van der Waals surface area contributed by atoms with Crippen LogP contribution in [0.5, 0.6) is 5.75 Å². The summed E-state index contributed by atoms with van der Waals surface area (Å²) in [7, 11) is -1.36. The number of carbonyl (C=O) groups excluding carboxylic acids is 1. The normalized spacial score (nSPS) is 16.8. The number of nitrogens with zero attached hydrogens (tertiary/aromatic N) is 1. The van der Waals surface area contributed by atoms with Crippen molar-refractivity contribution in [1.82, 2.24) is 9.99 Å². The maximum Gasteiger partial charge on any atom is 0.573 e. The van der Waals surface area contributed by atoms with Crippen molar-refractivity contribution in [3.05, 3.63) is 54.1 Å². The Labute approximate surface area is 192 Å². The fraction of sp³-hybridized carbons (Fsp3) is 0.435. The van der Waals surface area contributed by atoms with Crippen LogP contribution in [0.25, 0.3) is 11.1 Å². The van der Waals surface area contributed by atoms with Gasteiger partial charge in [0.25, 0.3) is 13.4 Å². The first kappa shape index (κ1) is 26.9. The third-order valence-corrected chi connectivity index (χ3v) is 7.29. The highest BCUT2D eigenvalue weighted by atomic mass is 31.2. The van der Waals surface area contributed by atoms with Crippen molar-refractivity contribution >= 4 is 13.4 Å². The van der Waals surface area contributed by atoms with E-state index in [1.54, 1.807) is 41.7 Å². The molecule has 0 aromatic heterocycles. The first-order chi connectivity index (χ1) is 15.6. The van der Waals surface area contributed by atoms with E-state index in [0.717, 1.165) is 0 Å². The van der Waals surface area contributed by atoms with Crippen molar-refractivity contribution in [1.29, 1.82) is 0 Å². The smallest absolute Gasteiger partial charge is 0.406 e. The van der Waals surface area contributed by atoms with Crippen molar-refractivity contribution in [3.8, 4) is 16.9 Å². The quantitative estimate of drug-likeness (QED) is 0.512. The van der Waals surface area contributed by atoms with Gasteiger partial charge in [0.15, 0.2) is 0 Å². The topological polar surface area (TPSA) is 67.9 Å². The summed E-state index contributed by atoms with van der Waals surface area (Å²) in [5, 5.41) is 2.98. The van der Waals surface area contributed by atoms with Gasteiger partial charge < -0.3 is 14.6 Å². The number of hydrogen-bond acceptors (Lipinski definition) is 4. The largest absolute Gasteiger partial charge is 0.573 e. The van der Waals surface area contributed by atoms with Crippen molar-refractivity contribution in [2.75, 3.05) is 26.9 Å². The molecule has 3 rings (SSSR count). The van der Waals surface area contributed by atoms with Crippen LogP contribution in [0.3, 0.4) is 0 Å². The van der Waals surface area contributed by atoms with Crippen LogP contribution in [0.15, 0.2) is 48.5 Å². The van der Waals surface area contributed by atoms with Crippen molar-refractivity contribution in [2.45, 2.75) is 39.1 Å². The second-order valence-corrected chi connectivity index (χ2v) is 9.88. The molecule has 1 heterocycles. The molecule has 1 amide bonds. The molecule has 1 fully saturated rings. The first-order valence-electron chi connectivity index (χ1n) is 10.7. The molecule has 33 heavy (non-hydrogen) atoms. The molecule has 10 heteroatoms. The van der Waals surface area contributed by atoms with Crippen molar-refractivity contribution in [3.63, 3.8) is 0 Å². The molecule has 1 aliphatic heterocycles. The standard InChI is InChI=1S/C21H24F3N2O4P.C2H6/c1-29-31(2,28)26-11-9-18(10-12-26)25-20(27)17-7-3-5-15(13-17)16-6-4-8-19(14-16)30-21(22,23)24;1-2/h3-8,13-14,18H,9-12H2,1-2H3,(H,25,27);1-2H3. The lowest BCUT2D eigenvalue weighted by Crippen LogP contribution is -2.43. The molecule has 1 aliphatic rings. The molecule has 1 unspecified atom stereocenters. The van der Waals surface area contributed by atoms with Gasteiger partial charge in [0, 0.05) is 38.5 Å². The summed E-state index contributed by atoms with van der Waals surface area (Å²) in [6.07, 6.45) is -3.49. The summed E-state index contributed by atoms with van der Waals surface area (Å²) in [6.45, 7) is 6.68. The van der Waals surface area contributed by atoms with E-state index < -0.39 is 13.9 Å². The monoisotopic (exact) mass is 486 g/mol. The number of rotatable bonds is 6. The zero-order valence-corrected chi connectivity index (χ0v) is 20.1. The van der Waals surface area contributed by atoms with Crippen LogP contribution in [0, 0.1) is 0 Å². The number of alkyl halides is 3. The Hall–Kier alpha value is -2.35. The summed E-state index contributed by atoms with van der Waals surface area (Å²) < 4.78 is 60.6. The second kappa shape index (κ2) is 11.7. The Balaban J connectivity index is 0.00000187. The van der Waals surface area contributed by atoms with E-state index in [0.29, 0.717) is 42.6 Å². The van der Waals surface area contributed by atoms with Crippen LogP contribution in [-0.4, -0.2) is 49.8 Å². The average Bonchev–Trinajstić information content (AvgIpc) is 2.80. The van der Waals surface area contributed by atoms with Gasteiger partial charge in [-0.15, -0.1) is 13.2 Å². The number of ether oxygens (including phenoxy) is 1. The SMILES string of the molecule is CC.COP(C)(=O)N1CCC(NC(=O)c2cccc(-c3cccc(OC(F)(F)F)c3)c2)CC1. The van der Waals surface area contributed by atoms with Crippen molar-refractivity contribution < 1.29 is 31.8 Å². The maximum absolute atomic E-state index is 12.7. The molecule has 0 saturated carbocycles. The Kier molecular flexibility index (Phi) is 9.52. The molecule has 1 atom stereocenters. The van der Waals surface area contributed by atoms with Gasteiger partial charge >= 0.3 is 6.36 Å². The lowest BCUT2D eigenvalue weighted by Gasteiger charge is -2.34.